The van der Waals surface area contributed by atoms with Gasteiger partial charge in [-0.1, -0.05) is 42.5 Å². The van der Waals surface area contributed by atoms with Crippen molar-refractivity contribution in [2.45, 2.75) is 31.8 Å². The van der Waals surface area contributed by atoms with Gasteiger partial charge in [0.15, 0.2) is 5.79 Å². The Hall–Kier alpha value is -1.64. The largest absolute Gasteiger partial charge is 0.348 e. The van der Waals surface area contributed by atoms with E-state index in [1.54, 1.807) is 0 Å². The van der Waals surface area contributed by atoms with Gasteiger partial charge in [0, 0.05) is 3.57 Å². The third-order valence-electron chi connectivity index (χ3n) is 3.95. The fourth-order valence-corrected chi connectivity index (χ4v) is 3.27. The van der Waals surface area contributed by atoms with Crippen molar-refractivity contribution in [2.24, 2.45) is 0 Å². The van der Waals surface area contributed by atoms with E-state index in [1.807, 2.05) is 68.4 Å². The van der Waals surface area contributed by atoms with Crippen LogP contribution in [-0.4, -0.2) is 24.5 Å². The molecule has 0 spiro atoms. The maximum Gasteiger partial charge on any atom is 0.319 e. The molecule has 2 amide bonds. The van der Waals surface area contributed by atoms with Crippen molar-refractivity contribution < 1.29 is 14.3 Å². The van der Waals surface area contributed by atoms with E-state index in [0.717, 1.165) is 14.8 Å². The number of ether oxygens (including phenoxy) is 2. The summed E-state index contributed by atoms with van der Waals surface area (Å²) in [6.45, 7) is 4.14. The molecule has 25 heavy (non-hydrogen) atoms. The molecule has 2 atom stereocenters. The molecule has 0 bridgehead atoms. The van der Waals surface area contributed by atoms with Gasteiger partial charge < -0.3 is 20.1 Å². The number of hydrogen-bond donors (Lipinski definition) is 2. The number of halogens is 1. The number of nitrogens with one attached hydrogen (secondary N) is 2. The lowest BCUT2D eigenvalue weighted by Gasteiger charge is -2.41. The van der Waals surface area contributed by atoms with E-state index in [-0.39, 0.29) is 18.2 Å². The predicted molar refractivity (Wildman–Crippen MR) is 105 cm³/mol. The highest BCUT2D eigenvalue weighted by Crippen LogP contribution is 2.33. The van der Waals surface area contributed by atoms with Crippen LogP contribution in [0.1, 0.15) is 25.5 Å². The molecule has 1 aliphatic rings. The van der Waals surface area contributed by atoms with Crippen molar-refractivity contribution in [3.05, 3.63) is 63.7 Å². The Morgan fingerprint density at radius 3 is 2.52 bits per heavy atom. The van der Waals surface area contributed by atoms with Crippen LogP contribution in [0.3, 0.4) is 0 Å². The highest BCUT2D eigenvalue weighted by Gasteiger charge is 2.38. The Morgan fingerprint density at radius 2 is 1.80 bits per heavy atom. The van der Waals surface area contributed by atoms with Gasteiger partial charge in [-0.05, 0) is 54.1 Å². The molecule has 2 aromatic carbocycles. The summed E-state index contributed by atoms with van der Waals surface area (Å²) in [6, 6.07) is 17.0. The number of carbonyl (C=O) groups is 1. The second-order valence-corrected chi connectivity index (χ2v) is 7.51. The molecule has 2 aromatic rings. The highest BCUT2D eigenvalue weighted by molar-refractivity contribution is 14.1. The topological polar surface area (TPSA) is 59.6 Å². The van der Waals surface area contributed by atoms with Crippen LogP contribution in [0.15, 0.2) is 54.6 Å². The van der Waals surface area contributed by atoms with E-state index in [4.69, 9.17) is 9.47 Å². The zero-order valence-electron chi connectivity index (χ0n) is 14.2. The van der Waals surface area contributed by atoms with Gasteiger partial charge in [0.1, 0.15) is 6.10 Å². The number of urea groups is 1. The second kappa shape index (κ2) is 7.72. The van der Waals surface area contributed by atoms with E-state index < -0.39 is 5.79 Å². The van der Waals surface area contributed by atoms with Crippen molar-refractivity contribution in [1.82, 2.24) is 5.32 Å². The SMILES string of the molecule is CC1(C)OC[C@H](NC(=O)Nc2ccccc2I)[C@@H](c2ccccc2)O1. The van der Waals surface area contributed by atoms with Crippen LogP contribution in [0.25, 0.3) is 0 Å². The Kier molecular flexibility index (Phi) is 5.61. The molecule has 1 heterocycles. The number of amides is 2. The summed E-state index contributed by atoms with van der Waals surface area (Å²) < 4.78 is 12.8. The van der Waals surface area contributed by atoms with Gasteiger partial charge in [0.2, 0.25) is 0 Å². The van der Waals surface area contributed by atoms with E-state index in [2.05, 4.69) is 33.2 Å². The average molecular weight is 452 g/mol. The molecule has 0 saturated carbocycles. The van der Waals surface area contributed by atoms with E-state index in [1.165, 1.54) is 0 Å². The number of para-hydroxylation sites is 1. The summed E-state index contributed by atoms with van der Waals surface area (Å²) >= 11 is 2.19. The third-order valence-corrected chi connectivity index (χ3v) is 4.89. The molecule has 0 aromatic heterocycles. The molecule has 3 rings (SSSR count). The second-order valence-electron chi connectivity index (χ2n) is 6.34. The minimum Gasteiger partial charge on any atom is -0.348 e. The highest BCUT2D eigenvalue weighted by atomic mass is 127. The first-order chi connectivity index (χ1) is 11.9. The first-order valence-corrected chi connectivity index (χ1v) is 9.21. The van der Waals surface area contributed by atoms with E-state index >= 15 is 0 Å². The number of rotatable bonds is 3. The quantitative estimate of drug-likeness (QED) is 0.683. The van der Waals surface area contributed by atoms with Gasteiger partial charge in [-0.3, -0.25) is 0 Å². The van der Waals surface area contributed by atoms with Crippen LogP contribution in [0.4, 0.5) is 10.5 Å². The summed E-state index contributed by atoms with van der Waals surface area (Å²) in [5, 5.41) is 5.86. The van der Waals surface area contributed by atoms with Gasteiger partial charge >= 0.3 is 6.03 Å². The van der Waals surface area contributed by atoms with Crippen LogP contribution in [0.2, 0.25) is 0 Å². The lowest BCUT2D eigenvalue weighted by atomic mass is 10.0. The first-order valence-electron chi connectivity index (χ1n) is 8.13. The zero-order valence-corrected chi connectivity index (χ0v) is 16.3. The molecule has 6 heteroatoms. The molecule has 5 nitrogen and oxygen atoms in total. The Labute approximate surface area is 161 Å². The minimum absolute atomic E-state index is 0.273. The number of carbonyl (C=O) groups excluding carboxylic acids is 1. The Balaban J connectivity index is 1.73. The smallest absolute Gasteiger partial charge is 0.319 e. The first kappa shape index (κ1) is 18.2. The Morgan fingerprint density at radius 1 is 1.12 bits per heavy atom. The summed E-state index contributed by atoms with van der Waals surface area (Å²) in [7, 11) is 0. The molecule has 2 N–H and O–H groups in total. The molecule has 132 valence electrons. The molecule has 1 saturated heterocycles. The van der Waals surface area contributed by atoms with Crippen LogP contribution < -0.4 is 10.6 Å². The van der Waals surface area contributed by atoms with Crippen LogP contribution in [0, 0.1) is 3.57 Å². The summed E-state index contributed by atoms with van der Waals surface area (Å²) in [5.74, 6) is -0.691. The molecule has 0 radical (unpaired) electrons. The van der Waals surface area contributed by atoms with Crippen molar-refractivity contribution in [1.29, 1.82) is 0 Å². The number of hydrogen-bond acceptors (Lipinski definition) is 3. The van der Waals surface area contributed by atoms with Gasteiger partial charge in [0.05, 0.1) is 18.3 Å². The third kappa shape index (κ3) is 4.71. The maximum absolute atomic E-state index is 12.4. The van der Waals surface area contributed by atoms with Gasteiger partial charge in [-0.2, -0.15) is 0 Å². The standard InChI is InChI=1S/C19H21IN2O3/c1-19(2)24-12-16(17(25-19)13-8-4-3-5-9-13)22-18(23)21-15-11-7-6-10-14(15)20/h3-11,16-17H,12H2,1-2H3,(H2,21,22,23)/t16-,17+/m0/s1. The summed E-state index contributed by atoms with van der Waals surface area (Å²) in [6.07, 6.45) is -0.273. The van der Waals surface area contributed by atoms with Crippen molar-refractivity contribution in [3.63, 3.8) is 0 Å². The van der Waals surface area contributed by atoms with Crippen LogP contribution >= 0.6 is 22.6 Å². The lowest BCUT2D eigenvalue weighted by molar-refractivity contribution is -0.284. The predicted octanol–water partition coefficient (Wildman–Crippen LogP) is 4.31. The molecule has 1 fully saturated rings. The summed E-state index contributed by atoms with van der Waals surface area (Å²) in [5.41, 5.74) is 1.79. The van der Waals surface area contributed by atoms with Crippen LogP contribution in [0.5, 0.6) is 0 Å². The monoisotopic (exact) mass is 452 g/mol. The normalized spacial score (nSPS) is 22.2. The van der Waals surface area contributed by atoms with E-state index in [9.17, 15) is 4.79 Å². The molecular formula is C19H21IN2O3. The average Bonchev–Trinajstić information content (AvgIpc) is 2.59. The molecule has 0 aliphatic carbocycles. The van der Waals surface area contributed by atoms with Crippen LogP contribution in [-0.2, 0) is 9.47 Å². The summed E-state index contributed by atoms with van der Waals surface area (Å²) in [4.78, 5) is 12.4. The van der Waals surface area contributed by atoms with Crippen molar-refractivity contribution in [3.8, 4) is 0 Å². The van der Waals surface area contributed by atoms with Gasteiger partial charge in [0.25, 0.3) is 0 Å². The molecule has 1 aliphatic heterocycles. The van der Waals surface area contributed by atoms with Crippen molar-refractivity contribution in [2.75, 3.05) is 11.9 Å². The van der Waals surface area contributed by atoms with Gasteiger partial charge in [-0.15, -0.1) is 0 Å². The maximum atomic E-state index is 12.4. The number of anilines is 1. The minimum atomic E-state index is -0.691. The van der Waals surface area contributed by atoms with E-state index in [0.29, 0.717) is 6.61 Å². The fourth-order valence-electron chi connectivity index (χ4n) is 2.75. The lowest BCUT2D eigenvalue weighted by Crippen LogP contribution is -2.52. The number of benzene rings is 2. The van der Waals surface area contributed by atoms with Crippen molar-refractivity contribution >= 4 is 34.3 Å². The molecule has 0 unspecified atom stereocenters. The van der Waals surface area contributed by atoms with Gasteiger partial charge in [-0.25, -0.2) is 4.79 Å². The Bertz CT molecular complexity index is 736. The fraction of sp³-hybridized carbons (Fsp3) is 0.316. The zero-order chi connectivity index (χ0) is 17.9. The molecular weight excluding hydrogens is 431 g/mol.